The fourth-order valence-corrected chi connectivity index (χ4v) is 17.5. The van der Waals surface area contributed by atoms with Gasteiger partial charge in [0.05, 0.1) is 99.5 Å². The van der Waals surface area contributed by atoms with Gasteiger partial charge in [-0.25, -0.2) is 14.4 Å². The third kappa shape index (κ3) is 27.8. The van der Waals surface area contributed by atoms with Crippen LogP contribution in [-0.4, -0.2) is 276 Å². The van der Waals surface area contributed by atoms with Gasteiger partial charge in [0.25, 0.3) is 23.6 Å². The highest BCUT2D eigenvalue weighted by molar-refractivity contribution is 6.01. The van der Waals surface area contributed by atoms with Gasteiger partial charge in [0, 0.05) is 187 Å². The number of hydrogen-bond acceptors (Lipinski definition) is 22. The van der Waals surface area contributed by atoms with Crippen molar-refractivity contribution in [2.24, 2.45) is 0 Å². The summed E-state index contributed by atoms with van der Waals surface area (Å²) < 4.78 is 77.7. The minimum atomic E-state index is -0.359. The van der Waals surface area contributed by atoms with Crippen LogP contribution in [0.3, 0.4) is 0 Å². The van der Waals surface area contributed by atoms with Crippen molar-refractivity contribution in [2.45, 2.75) is 58.8 Å². The van der Waals surface area contributed by atoms with Gasteiger partial charge in [-0.3, -0.25) is 46.6 Å². The standard InChI is InChI=1S/C39H42N4O6.C37H43N5O7.C36H44N4O6/c1-46-23-10-24-47-35-18-9-14-32(28-35)43-36(31-12-4-2-5-13-31)37(38(44)41-21-19-40-20-22-41)42(39(43)45)29-30-11-8-17-34(27-30)49-26-25-48-33-15-6-3-7-16-33;1-46-20-7-21-48-32-13-6-11-30(25-32)42-34(29-9-3-2-4-10-29)35(36(44)40-16-14-38-15-17-40)41(37(42)45)26-28-8-5-12-31(24-28)49-27-33(43)39-18-22-47-23-19-39;1-27(2)44-22-23-46-31-14-7-10-28(24-31)26-39-34(35(41)38-18-16-37-17-19-38)33(29-11-5-4-6-12-29)40(36(39)42)30-13-8-15-32(25-30)45-21-9-20-43-3/h2-9,11-18,27-28,40H,10,19-26,29H2,1H3;2-6,8-13,24-25,38H,7,14-23,26-27H2,1H3;4-8,10-15,24-25,27,37H,9,16-23,26H2,1-3H3. The summed E-state index contributed by atoms with van der Waals surface area (Å²) in [6, 6.07) is 83.2. The third-order valence-corrected chi connectivity index (χ3v) is 24.5. The first kappa shape index (κ1) is 104. The van der Waals surface area contributed by atoms with Crippen molar-refractivity contribution in [3.05, 3.63) is 332 Å². The molecule has 756 valence electrons. The molecule has 17 rings (SSSR count). The second-order valence-electron chi connectivity index (χ2n) is 35.0. The Labute approximate surface area is 839 Å². The number of piperazine rings is 3. The maximum atomic E-state index is 14.7. The van der Waals surface area contributed by atoms with Gasteiger partial charge < -0.3 is 92.4 Å². The van der Waals surface area contributed by atoms with Gasteiger partial charge in [-0.05, 0) is 115 Å². The number of carbonyl (C=O) groups is 4. The number of amides is 4. The van der Waals surface area contributed by atoms with Gasteiger partial charge in [-0.1, -0.05) is 164 Å². The molecular formula is C112H129N13O19. The minimum absolute atomic E-state index is 0.103. The van der Waals surface area contributed by atoms with Crippen LogP contribution in [0, 0.1) is 0 Å². The largest absolute Gasteiger partial charge is 0.493 e. The van der Waals surface area contributed by atoms with E-state index in [1.165, 1.54) is 0 Å². The molecule has 4 saturated heterocycles. The normalized spacial score (nSPS) is 13.7. The van der Waals surface area contributed by atoms with Gasteiger partial charge in [0.1, 0.15) is 77.1 Å². The Bertz CT molecular complexity index is 6500. The van der Waals surface area contributed by atoms with Crippen molar-refractivity contribution in [2.75, 3.05) is 199 Å². The zero-order valence-electron chi connectivity index (χ0n) is 82.5. The van der Waals surface area contributed by atoms with Gasteiger partial charge >= 0.3 is 17.1 Å². The first-order valence-corrected chi connectivity index (χ1v) is 49.3. The second-order valence-corrected chi connectivity index (χ2v) is 35.0. The summed E-state index contributed by atoms with van der Waals surface area (Å²) in [4.78, 5) is 107. The van der Waals surface area contributed by atoms with Gasteiger partial charge in [-0.2, -0.15) is 0 Å². The van der Waals surface area contributed by atoms with Crippen molar-refractivity contribution in [3.8, 4) is 91.1 Å². The van der Waals surface area contributed by atoms with E-state index in [-0.39, 0.29) is 73.0 Å². The predicted octanol–water partition coefficient (Wildman–Crippen LogP) is 12.9. The summed E-state index contributed by atoms with van der Waals surface area (Å²) in [7, 11) is 4.97. The number of nitrogens with one attached hydrogen (secondary N) is 3. The molecule has 0 atom stereocenters. The van der Waals surface area contributed by atoms with E-state index in [4.69, 9.17) is 56.8 Å². The van der Waals surface area contributed by atoms with E-state index >= 15 is 0 Å². The molecule has 0 radical (unpaired) electrons. The molecule has 0 aliphatic carbocycles. The van der Waals surface area contributed by atoms with E-state index in [2.05, 4.69) is 16.0 Å². The molecule has 4 amide bonds. The number of para-hydroxylation sites is 1. The average Bonchev–Trinajstić information content (AvgIpc) is 1.60. The molecule has 32 heteroatoms. The van der Waals surface area contributed by atoms with Gasteiger partial charge in [0.2, 0.25) is 0 Å². The molecule has 0 saturated carbocycles. The maximum Gasteiger partial charge on any atom is 0.334 e. The van der Waals surface area contributed by atoms with Crippen LogP contribution in [-0.2, 0) is 48.1 Å². The number of carbonyl (C=O) groups excluding carboxylic acids is 4. The molecule has 144 heavy (non-hydrogen) atoms. The number of morpholine rings is 1. The van der Waals surface area contributed by atoms with Crippen molar-refractivity contribution in [1.82, 2.24) is 63.0 Å². The molecule has 3 aromatic heterocycles. The summed E-state index contributed by atoms with van der Waals surface area (Å²) in [6.45, 7) is 18.6. The summed E-state index contributed by atoms with van der Waals surface area (Å²) in [5.41, 5.74) is 8.08. The number of aromatic nitrogens is 6. The number of hydrogen-bond donors (Lipinski definition) is 3. The van der Waals surface area contributed by atoms with Crippen LogP contribution in [0.4, 0.5) is 0 Å². The Hall–Kier alpha value is -14.6. The number of ether oxygens (including phenoxy) is 12. The van der Waals surface area contributed by atoms with Crippen LogP contribution in [0.25, 0.3) is 50.8 Å². The molecule has 0 unspecified atom stereocenters. The van der Waals surface area contributed by atoms with Gasteiger partial charge in [-0.15, -0.1) is 0 Å². The molecular weight excluding hydrogens is 1830 g/mol. The molecule has 0 bridgehead atoms. The molecule has 7 heterocycles. The smallest absolute Gasteiger partial charge is 0.334 e. The monoisotopic (exact) mass is 1960 g/mol. The summed E-state index contributed by atoms with van der Waals surface area (Å²) in [5, 5.41) is 9.94. The molecule has 4 aliphatic rings. The first-order valence-electron chi connectivity index (χ1n) is 49.3. The average molecular weight is 1960 g/mol. The quantitative estimate of drug-likeness (QED) is 0.0299. The first-order chi connectivity index (χ1) is 70.6. The highest BCUT2D eigenvalue weighted by Crippen LogP contribution is 2.36. The highest BCUT2D eigenvalue weighted by atomic mass is 16.5. The SMILES string of the molecule is COCCCOc1cccc(-n2c(-c3ccccc3)c(C(=O)N3CCNCC3)n(Cc3cccc(OCC(=O)N4CCOCC4)c3)c2=O)c1.COCCCOc1cccc(-n2c(-c3ccccc3)c(C(=O)N3CCNCC3)n(Cc3cccc(OCCOC(C)C)c3)c2=O)c1.COCCCOc1cccc(-n2c(-c3ccccc3)c(C(=O)N3CCNCC3)n(Cc3cccc(OCCOc4ccccc4)c3)c2=O)c1. The van der Waals surface area contributed by atoms with Crippen molar-refractivity contribution in [3.63, 3.8) is 0 Å². The van der Waals surface area contributed by atoms with Crippen LogP contribution < -0.4 is 66.2 Å². The van der Waals surface area contributed by atoms with E-state index in [9.17, 15) is 33.6 Å². The lowest BCUT2D eigenvalue weighted by molar-refractivity contribution is -0.137. The van der Waals surface area contributed by atoms with Crippen molar-refractivity contribution >= 4 is 23.6 Å². The lowest BCUT2D eigenvalue weighted by Gasteiger charge is -2.28. The number of benzene rings is 10. The summed E-state index contributed by atoms with van der Waals surface area (Å²) >= 11 is 0. The maximum absolute atomic E-state index is 14.7. The highest BCUT2D eigenvalue weighted by Gasteiger charge is 2.36. The van der Waals surface area contributed by atoms with E-state index in [0.29, 0.717) is 257 Å². The number of nitrogens with zero attached hydrogens (tertiary/aromatic N) is 10. The number of methoxy groups -OCH3 is 3. The Kier molecular flexibility index (Phi) is 38.5. The van der Waals surface area contributed by atoms with Crippen LogP contribution in [0.15, 0.2) is 281 Å². The molecule has 0 spiro atoms. The van der Waals surface area contributed by atoms with E-state index in [1.807, 2.05) is 285 Å². The van der Waals surface area contributed by atoms with E-state index in [0.717, 1.165) is 58.4 Å². The molecule has 4 aliphatic heterocycles. The van der Waals surface area contributed by atoms with Crippen LogP contribution >= 0.6 is 0 Å². The lowest BCUT2D eigenvalue weighted by Crippen LogP contribution is -2.47. The minimum Gasteiger partial charge on any atom is -0.493 e. The number of rotatable bonds is 43. The third-order valence-electron chi connectivity index (χ3n) is 24.5. The second kappa shape index (κ2) is 53.5. The Morgan fingerprint density at radius 3 is 0.917 bits per heavy atom. The van der Waals surface area contributed by atoms with E-state index in [1.54, 1.807) is 64.6 Å². The Morgan fingerprint density at radius 1 is 0.306 bits per heavy atom. The van der Waals surface area contributed by atoms with Crippen LogP contribution in [0.2, 0.25) is 0 Å². The Balaban J connectivity index is 0.000000163. The molecule has 3 N–H and O–H groups in total. The molecule has 10 aromatic carbocycles. The zero-order chi connectivity index (χ0) is 100. The lowest BCUT2D eigenvalue weighted by atomic mass is 10.1. The van der Waals surface area contributed by atoms with Gasteiger partial charge in [0.15, 0.2) is 6.61 Å². The van der Waals surface area contributed by atoms with Crippen LogP contribution in [0.1, 0.15) is 81.3 Å². The fourth-order valence-electron chi connectivity index (χ4n) is 17.5. The Morgan fingerprint density at radius 2 is 0.590 bits per heavy atom. The summed E-state index contributed by atoms with van der Waals surface area (Å²) in [5.74, 6) is 3.79. The van der Waals surface area contributed by atoms with Crippen molar-refractivity contribution < 1.29 is 76.0 Å². The molecule has 32 nitrogen and oxygen atoms in total. The number of imidazole rings is 3. The topological polar surface area (TPSA) is 309 Å². The zero-order valence-corrected chi connectivity index (χ0v) is 82.5. The molecule has 4 fully saturated rings. The summed E-state index contributed by atoms with van der Waals surface area (Å²) in [6.07, 6.45) is 2.32. The fraction of sp³-hybridized carbons (Fsp3) is 0.348. The van der Waals surface area contributed by atoms with E-state index < -0.39 is 0 Å². The molecule has 13 aromatic rings. The van der Waals surface area contributed by atoms with Crippen LogP contribution in [0.5, 0.6) is 40.2 Å². The predicted molar refractivity (Wildman–Crippen MR) is 552 cm³/mol. The van der Waals surface area contributed by atoms with Crippen molar-refractivity contribution in [1.29, 1.82) is 0 Å².